The molecule has 0 unspecified atom stereocenters. The van der Waals surface area contributed by atoms with Gasteiger partial charge in [0.2, 0.25) is 0 Å². The number of hydrogen-bond acceptors (Lipinski definition) is 2. The first-order valence-electron chi connectivity index (χ1n) is 6.57. The van der Waals surface area contributed by atoms with Crippen LogP contribution in [-0.4, -0.2) is 17.7 Å². The van der Waals surface area contributed by atoms with Crippen molar-refractivity contribution in [2.75, 3.05) is 0 Å². The molecule has 0 saturated carbocycles. The van der Waals surface area contributed by atoms with Crippen LogP contribution in [0.15, 0.2) is 22.9 Å². The number of halogens is 2. The van der Waals surface area contributed by atoms with E-state index in [1.165, 1.54) is 0 Å². The van der Waals surface area contributed by atoms with E-state index in [9.17, 15) is 0 Å². The molecule has 3 nitrogen and oxygen atoms in total. The fourth-order valence-electron chi connectivity index (χ4n) is 1.62. The van der Waals surface area contributed by atoms with Crippen LogP contribution in [0.4, 0.5) is 0 Å². The number of nitrogens with zero attached hydrogens (tertiary/aromatic N) is 2. The molecule has 0 aliphatic carbocycles. The van der Waals surface area contributed by atoms with Crippen LogP contribution in [0, 0.1) is 3.57 Å². The second kappa shape index (κ2) is 5.70. The molecule has 0 spiro atoms. The summed E-state index contributed by atoms with van der Waals surface area (Å²) in [6.45, 7) is 11.9. The summed E-state index contributed by atoms with van der Waals surface area (Å²) in [5.74, 6) is 0. The Bertz CT molecular complexity index is 634. The second-order valence-electron chi connectivity index (χ2n) is 6.52. The van der Waals surface area contributed by atoms with Gasteiger partial charge in [-0.05, 0) is 62.7 Å². The quantitative estimate of drug-likeness (QED) is 0.457. The van der Waals surface area contributed by atoms with Crippen LogP contribution < -0.4 is 0 Å². The van der Waals surface area contributed by atoms with E-state index in [-0.39, 0.29) is 5.04 Å². The zero-order chi connectivity index (χ0) is 15.1. The van der Waals surface area contributed by atoms with Crippen LogP contribution in [0.5, 0.6) is 0 Å². The molecule has 0 fully saturated rings. The van der Waals surface area contributed by atoms with Gasteiger partial charge in [-0.1, -0.05) is 20.8 Å². The third kappa shape index (κ3) is 3.45. The summed E-state index contributed by atoms with van der Waals surface area (Å²) in [5.41, 5.74) is 1.98. The number of aromatic nitrogens is 2. The Balaban J connectivity index is 2.21. The molecule has 0 N–H and O–H groups in total. The lowest BCUT2D eigenvalue weighted by Gasteiger charge is -2.35. The Morgan fingerprint density at radius 2 is 2.00 bits per heavy atom. The van der Waals surface area contributed by atoms with Crippen molar-refractivity contribution in [3.8, 4) is 0 Å². The van der Waals surface area contributed by atoms with Crippen LogP contribution in [0.1, 0.15) is 26.5 Å². The minimum Gasteiger partial charge on any atom is -0.411 e. The third-order valence-corrected chi connectivity index (χ3v) is 9.62. The molecule has 6 heteroatoms. The van der Waals surface area contributed by atoms with E-state index >= 15 is 0 Å². The maximum Gasteiger partial charge on any atom is 0.192 e. The molecule has 0 aromatic carbocycles. The highest BCUT2D eigenvalue weighted by Crippen LogP contribution is 2.37. The SMILES string of the molecule is CC(C)(C)[Si](C)(C)OCc1cn2cc(Br)cc(I)c2n1. The van der Waals surface area contributed by atoms with Gasteiger partial charge < -0.3 is 8.83 Å². The van der Waals surface area contributed by atoms with Crippen molar-refractivity contribution in [2.45, 2.75) is 45.5 Å². The average molecular weight is 467 g/mol. The predicted octanol–water partition coefficient (Wildman–Crippen LogP) is 5.22. The zero-order valence-electron chi connectivity index (χ0n) is 12.5. The van der Waals surface area contributed by atoms with Crippen molar-refractivity contribution in [1.82, 2.24) is 9.38 Å². The zero-order valence-corrected chi connectivity index (χ0v) is 17.2. The molecule has 0 aliphatic heterocycles. The van der Waals surface area contributed by atoms with Crippen LogP contribution in [0.3, 0.4) is 0 Å². The molecule has 0 radical (unpaired) electrons. The number of rotatable bonds is 3. The normalized spacial score (nSPS) is 13.2. The number of fused-ring (bicyclic) bond motifs is 1. The minimum atomic E-state index is -1.72. The lowest BCUT2D eigenvalue weighted by Crippen LogP contribution is -2.40. The topological polar surface area (TPSA) is 26.5 Å². The maximum atomic E-state index is 6.23. The van der Waals surface area contributed by atoms with Crippen molar-refractivity contribution in [3.63, 3.8) is 0 Å². The summed E-state index contributed by atoms with van der Waals surface area (Å²) in [6, 6.07) is 2.07. The largest absolute Gasteiger partial charge is 0.411 e. The Labute approximate surface area is 143 Å². The standard InChI is InChI=1S/C14H20BrIN2OSi/c1-14(2,3)20(4,5)19-9-11-8-18-7-10(15)6-12(16)13(18)17-11/h6-8H,9H2,1-5H3. The molecule has 2 aromatic heterocycles. The molecule has 110 valence electrons. The Morgan fingerprint density at radius 1 is 1.35 bits per heavy atom. The molecular weight excluding hydrogens is 447 g/mol. The number of imidazole rings is 1. The number of pyridine rings is 1. The maximum absolute atomic E-state index is 6.23. The minimum absolute atomic E-state index is 0.226. The first kappa shape index (κ1) is 16.4. The van der Waals surface area contributed by atoms with Gasteiger partial charge >= 0.3 is 0 Å². The molecule has 0 atom stereocenters. The van der Waals surface area contributed by atoms with E-state index in [0.717, 1.165) is 19.4 Å². The first-order chi connectivity index (χ1) is 9.10. The predicted molar refractivity (Wildman–Crippen MR) is 97.6 cm³/mol. The molecule has 0 amide bonds. The molecule has 2 rings (SSSR count). The summed E-state index contributed by atoms with van der Waals surface area (Å²) in [5, 5.41) is 0.226. The smallest absolute Gasteiger partial charge is 0.192 e. The summed E-state index contributed by atoms with van der Waals surface area (Å²) in [7, 11) is -1.72. The molecule has 2 heterocycles. The van der Waals surface area contributed by atoms with E-state index in [1.807, 2.05) is 6.20 Å². The van der Waals surface area contributed by atoms with E-state index in [0.29, 0.717) is 6.61 Å². The van der Waals surface area contributed by atoms with Crippen molar-refractivity contribution in [2.24, 2.45) is 0 Å². The van der Waals surface area contributed by atoms with Crippen molar-refractivity contribution in [1.29, 1.82) is 0 Å². The van der Waals surface area contributed by atoms with Gasteiger partial charge in [0.05, 0.1) is 15.9 Å². The monoisotopic (exact) mass is 466 g/mol. The summed E-state index contributed by atoms with van der Waals surface area (Å²) >= 11 is 5.82. The van der Waals surface area contributed by atoms with Crippen LogP contribution in [0.25, 0.3) is 5.65 Å². The number of hydrogen-bond donors (Lipinski definition) is 0. The lowest BCUT2D eigenvalue weighted by molar-refractivity contribution is 0.272. The molecule has 20 heavy (non-hydrogen) atoms. The van der Waals surface area contributed by atoms with Gasteiger partial charge in [-0.3, -0.25) is 0 Å². The molecule has 0 saturated heterocycles. The van der Waals surface area contributed by atoms with Crippen LogP contribution in [0.2, 0.25) is 18.1 Å². The van der Waals surface area contributed by atoms with E-state index < -0.39 is 8.32 Å². The second-order valence-corrected chi connectivity index (χ2v) is 13.4. The third-order valence-electron chi connectivity index (χ3n) is 3.91. The Hall–Kier alpha value is 0.0769. The lowest BCUT2D eigenvalue weighted by atomic mass is 10.2. The van der Waals surface area contributed by atoms with Gasteiger partial charge in [0.25, 0.3) is 0 Å². The summed E-state index contributed by atoms with van der Waals surface area (Å²) < 4.78 is 10.5. The van der Waals surface area contributed by atoms with Gasteiger partial charge in [-0.15, -0.1) is 0 Å². The van der Waals surface area contributed by atoms with Crippen molar-refractivity contribution in [3.05, 3.63) is 32.2 Å². The van der Waals surface area contributed by atoms with Crippen molar-refractivity contribution < 1.29 is 4.43 Å². The van der Waals surface area contributed by atoms with E-state index in [1.54, 1.807) is 0 Å². The summed E-state index contributed by atoms with van der Waals surface area (Å²) in [6.07, 6.45) is 4.08. The highest BCUT2D eigenvalue weighted by Gasteiger charge is 2.37. The highest BCUT2D eigenvalue weighted by molar-refractivity contribution is 14.1. The van der Waals surface area contributed by atoms with Crippen LogP contribution >= 0.6 is 38.5 Å². The highest BCUT2D eigenvalue weighted by atomic mass is 127. The molecule has 0 aliphatic rings. The molecule has 2 aromatic rings. The fraction of sp³-hybridized carbons (Fsp3) is 0.500. The van der Waals surface area contributed by atoms with Gasteiger partial charge in [0, 0.05) is 16.9 Å². The molecule has 0 bridgehead atoms. The first-order valence-corrected chi connectivity index (χ1v) is 11.3. The Morgan fingerprint density at radius 3 is 2.60 bits per heavy atom. The average Bonchev–Trinajstić information content (AvgIpc) is 2.68. The van der Waals surface area contributed by atoms with Gasteiger partial charge in [-0.25, -0.2) is 4.98 Å². The van der Waals surface area contributed by atoms with E-state index in [4.69, 9.17) is 4.43 Å². The van der Waals surface area contributed by atoms with Gasteiger partial charge in [-0.2, -0.15) is 0 Å². The van der Waals surface area contributed by atoms with Gasteiger partial charge in [0.1, 0.15) is 0 Å². The van der Waals surface area contributed by atoms with Crippen molar-refractivity contribution >= 4 is 52.5 Å². The van der Waals surface area contributed by atoms with Crippen LogP contribution in [-0.2, 0) is 11.0 Å². The Kier molecular flexibility index (Phi) is 4.69. The summed E-state index contributed by atoms with van der Waals surface area (Å²) in [4.78, 5) is 4.67. The fourth-order valence-corrected chi connectivity index (χ4v) is 4.17. The molecular formula is C14H20BrIN2OSi. The van der Waals surface area contributed by atoms with Gasteiger partial charge in [0.15, 0.2) is 14.0 Å². The van der Waals surface area contributed by atoms with E-state index in [2.05, 4.69) is 94.0 Å².